The van der Waals surface area contributed by atoms with Crippen LogP contribution >= 0.6 is 11.8 Å². The number of benzene rings is 1. The molecular formula is C11H12O2S. The van der Waals surface area contributed by atoms with Crippen LogP contribution in [0.3, 0.4) is 0 Å². The van der Waals surface area contributed by atoms with Gasteiger partial charge in [0, 0.05) is 16.2 Å². The average molecular weight is 208 g/mol. The lowest BCUT2D eigenvalue weighted by atomic mass is 10.2. The Morgan fingerprint density at radius 3 is 2.57 bits per heavy atom. The summed E-state index contributed by atoms with van der Waals surface area (Å²) in [5.41, 5.74) is 0.272. The van der Waals surface area contributed by atoms with Crippen molar-refractivity contribution in [3.63, 3.8) is 0 Å². The summed E-state index contributed by atoms with van der Waals surface area (Å²) in [6, 6.07) is 9.91. The molecule has 0 fully saturated rings. The fourth-order valence-corrected chi connectivity index (χ4v) is 1.85. The second-order valence-corrected chi connectivity index (χ2v) is 3.99. The van der Waals surface area contributed by atoms with E-state index in [4.69, 9.17) is 5.11 Å². The second-order valence-electron chi connectivity index (χ2n) is 2.82. The zero-order valence-corrected chi connectivity index (χ0v) is 8.59. The number of carbonyl (C=O) groups is 1. The Kier molecular flexibility index (Phi) is 4.26. The molecule has 74 valence electrons. The molecule has 1 rings (SSSR count). The zero-order chi connectivity index (χ0) is 10.4. The molecule has 0 aliphatic rings. The summed E-state index contributed by atoms with van der Waals surface area (Å²) in [7, 11) is 0. The van der Waals surface area contributed by atoms with Gasteiger partial charge in [0.05, 0.1) is 0 Å². The molecule has 0 atom stereocenters. The van der Waals surface area contributed by atoms with Crippen molar-refractivity contribution < 1.29 is 9.90 Å². The maximum absolute atomic E-state index is 10.4. The highest BCUT2D eigenvalue weighted by Gasteiger charge is 2.03. The molecule has 0 heterocycles. The van der Waals surface area contributed by atoms with E-state index in [0.717, 1.165) is 10.6 Å². The first-order chi connectivity index (χ1) is 6.70. The van der Waals surface area contributed by atoms with Crippen molar-refractivity contribution in [3.8, 4) is 0 Å². The van der Waals surface area contributed by atoms with Gasteiger partial charge >= 0.3 is 5.97 Å². The molecule has 0 spiro atoms. The van der Waals surface area contributed by atoms with Crippen molar-refractivity contribution in [2.24, 2.45) is 0 Å². The van der Waals surface area contributed by atoms with Gasteiger partial charge < -0.3 is 5.11 Å². The fraction of sp³-hybridized carbons (Fsp3) is 0.182. The van der Waals surface area contributed by atoms with Crippen LogP contribution in [0.15, 0.2) is 47.4 Å². The monoisotopic (exact) mass is 208 g/mol. The van der Waals surface area contributed by atoms with Crippen molar-refractivity contribution in [2.45, 2.75) is 11.3 Å². The van der Waals surface area contributed by atoms with Crippen LogP contribution < -0.4 is 0 Å². The second kappa shape index (κ2) is 5.50. The fourth-order valence-electron chi connectivity index (χ4n) is 0.916. The van der Waals surface area contributed by atoms with Gasteiger partial charge in [-0.15, -0.1) is 11.8 Å². The Hall–Kier alpha value is -1.22. The molecule has 0 unspecified atom stereocenters. The van der Waals surface area contributed by atoms with Crippen LogP contribution in [-0.2, 0) is 4.79 Å². The van der Waals surface area contributed by atoms with Crippen LogP contribution in [0, 0.1) is 0 Å². The molecular weight excluding hydrogens is 196 g/mol. The molecule has 0 saturated heterocycles. The lowest BCUT2D eigenvalue weighted by Crippen LogP contribution is -1.99. The maximum Gasteiger partial charge on any atom is 0.330 e. The Labute approximate surface area is 87.6 Å². The number of rotatable bonds is 5. The van der Waals surface area contributed by atoms with Crippen LogP contribution in [0.5, 0.6) is 0 Å². The first kappa shape index (κ1) is 10.9. The number of hydrogen-bond donors (Lipinski definition) is 1. The van der Waals surface area contributed by atoms with Crippen molar-refractivity contribution in [2.75, 3.05) is 5.75 Å². The molecule has 1 aromatic carbocycles. The maximum atomic E-state index is 10.4. The summed E-state index contributed by atoms with van der Waals surface area (Å²) in [6.07, 6.45) is 0.523. The molecule has 0 aliphatic carbocycles. The number of thioether (sulfide) groups is 1. The lowest BCUT2D eigenvalue weighted by molar-refractivity contribution is -0.132. The van der Waals surface area contributed by atoms with Gasteiger partial charge in [0.2, 0.25) is 0 Å². The molecule has 1 N–H and O–H groups in total. The van der Waals surface area contributed by atoms with Gasteiger partial charge in [-0.2, -0.15) is 0 Å². The van der Waals surface area contributed by atoms with Crippen LogP contribution in [-0.4, -0.2) is 16.8 Å². The molecule has 0 radical (unpaired) electrons. The van der Waals surface area contributed by atoms with E-state index in [9.17, 15) is 4.79 Å². The highest BCUT2D eigenvalue weighted by Crippen LogP contribution is 2.19. The van der Waals surface area contributed by atoms with E-state index >= 15 is 0 Å². The van der Waals surface area contributed by atoms with Crippen molar-refractivity contribution in [1.82, 2.24) is 0 Å². The molecule has 0 aliphatic heterocycles. The highest BCUT2D eigenvalue weighted by molar-refractivity contribution is 7.99. The number of aliphatic carboxylic acids is 1. The largest absolute Gasteiger partial charge is 0.478 e. The normalized spacial score (nSPS) is 9.71. The summed E-state index contributed by atoms with van der Waals surface area (Å²) in [6.45, 7) is 3.47. The van der Waals surface area contributed by atoms with Gasteiger partial charge in [-0.3, -0.25) is 0 Å². The van der Waals surface area contributed by atoms with E-state index in [-0.39, 0.29) is 5.57 Å². The van der Waals surface area contributed by atoms with Crippen LogP contribution in [0.2, 0.25) is 0 Å². The Morgan fingerprint density at radius 2 is 2.00 bits per heavy atom. The van der Waals surface area contributed by atoms with Gasteiger partial charge in [-0.25, -0.2) is 4.79 Å². The van der Waals surface area contributed by atoms with Crippen molar-refractivity contribution >= 4 is 17.7 Å². The summed E-state index contributed by atoms with van der Waals surface area (Å²) in [5, 5.41) is 8.57. The van der Waals surface area contributed by atoms with Gasteiger partial charge in [-0.1, -0.05) is 24.8 Å². The summed E-state index contributed by atoms with van der Waals surface area (Å²) < 4.78 is 0. The average Bonchev–Trinajstić information content (AvgIpc) is 2.19. The minimum absolute atomic E-state index is 0.272. The zero-order valence-electron chi connectivity index (χ0n) is 7.77. The SMILES string of the molecule is C=C(CCSc1ccccc1)C(=O)O. The van der Waals surface area contributed by atoms with E-state index in [0.29, 0.717) is 6.42 Å². The van der Waals surface area contributed by atoms with Gasteiger partial charge in [0.15, 0.2) is 0 Å². The van der Waals surface area contributed by atoms with Gasteiger partial charge in [-0.05, 0) is 18.6 Å². The number of hydrogen-bond acceptors (Lipinski definition) is 2. The molecule has 3 heteroatoms. The number of carboxylic acids is 1. The first-order valence-corrected chi connectivity index (χ1v) is 5.27. The third-order valence-electron chi connectivity index (χ3n) is 1.72. The molecule has 0 amide bonds. The third kappa shape index (κ3) is 3.66. The summed E-state index contributed by atoms with van der Waals surface area (Å²) in [4.78, 5) is 11.6. The quantitative estimate of drug-likeness (QED) is 0.597. The molecule has 2 nitrogen and oxygen atoms in total. The highest BCUT2D eigenvalue weighted by atomic mass is 32.2. The summed E-state index contributed by atoms with van der Waals surface area (Å²) >= 11 is 1.64. The molecule has 0 bridgehead atoms. The van der Waals surface area contributed by atoms with Crippen LogP contribution in [0.1, 0.15) is 6.42 Å². The number of carboxylic acid groups (broad SMARTS) is 1. The third-order valence-corrected chi connectivity index (χ3v) is 2.73. The van der Waals surface area contributed by atoms with E-state index in [1.54, 1.807) is 11.8 Å². The van der Waals surface area contributed by atoms with E-state index < -0.39 is 5.97 Å². The minimum Gasteiger partial charge on any atom is -0.478 e. The van der Waals surface area contributed by atoms with E-state index in [2.05, 4.69) is 6.58 Å². The smallest absolute Gasteiger partial charge is 0.330 e. The molecule has 14 heavy (non-hydrogen) atoms. The van der Waals surface area contributed by atoms with Gasteiger partial charge in [0.1, 0.15) is 0 Å². The predicted octanol–water partition coefficient (Wildman–Crippen LogP) is 2.81. The topological polar surface area (TPSA) is 37.3 Å². The van der Waals surface area contributed by atoms with Crippen LogP contribution in [0.4, 0.5) is 0 Å². The standard InChI is InChI=1S/C11H12O2S/c1-9(11(12)13)7-8-14-10-5-3-2-4-6-10/h2-6H,1,7-8H2,(H,12,13). The van der Waals surface area contributed by atoms with Crippen LogP contribution in [0.25, 0.3) is 0 Å². The molecule has 1 aromatic rings. The Morgan fingerprint density at radius 1 is 1.36 bits per heavy atom. The predicted molar refractivity (Wildman–Crippen MR) is 58.6 cm³/mol. The van der Waals surface area contributed by atoms with Gasteiger partial charge in [0.25, 0.3) is 0 Å². The summed E-state index contributed by atoms with van der Waals surface area (Å²) in [5.74, 6) is -0.145. The first-order valence-electron chi connectivity index (χ1n) is 4.29. The van der Waals surface area contributed by atoms with Crippen molar-refractivity contribution in [3.05, 3.63) is 42.5 Å². The van der Waals surface area contributed by atoms with Crippen molar-refractivity contribution in [1.29, 1.82) is 0 Å². The lowest BCUT2D eigenvalue weighted by Gasteiger charge is -2.00. The van der Waals surface area contributed by atoms with E-state index in [1.165, 1.54) is 0 Å². The van der Waals surface area contributed by atoms with E-state index in [1.807, 2.05) is 30.3 Å². The molecule has 0 saturated carbocycles. The minimum atomic E-state index is -0.904. The molecule has 0 aromatic heterocycles. The Balaban J connectivity index is 2.29. The Bertz CT molecular complexity index is 319.